The third-order valence-electron chi connectivity index (χ3n) is 3.24. The lowest BCUT2D eigenvalue weighted by Crippen LogP contribution is -2.52. The fourth-order valence-electron chi connectivity index (χ4n) is 2.47. The Bertz CT molecular complexity index is 448. The van der Waals surface area contributed by atoms with Gasteiger partial charge in [0.05, 0.1) is 18.2 Å². The highest BCUT2D eigenvalue weighted by atomic mass is 35.5. The van der Waals surface area contributed by atoms with E-state index in [2.05, 4.69) is 20.1 Å². The van der Waals surface area contributed by atoms with Crippen LogP contribution in [0.1, 0.15) is 20.3 Å². The van der Waals surface area contributed by atoms with Crippen LogP contribution in [0.2, 0.25) is 0 Å². The summed E-state index contributed by atoms with van der Waals surface area (Å²) in [7, 11) is 0. The maximum absolute atomic E-state index is 11.2. The second-order valence-electron chi connectivity index (χ2n) is 4.45. The van der Waals surface area contributed by atoms with Crippen LogP contribution in [-0.4, -0.2) is 36.3 Å². The Morgan fingerprint density at radius 2 is 1.85 bits per heavy atom. The Labute approximate surface area is 120 Å². The molecule has 1 rings (SSSR count). The van der Waals surface area contributed by atoms with E-state index in [1.165, 1.54) is 6.92 Å². The molecule has 10 heteroatoms. The normalized spacial score (nSPS) is 32.6. The van der Waals surface area contributed by atoms with Gasteiger partial charge in [-0.3, -0.25) is 4.79 Å². The minimum absolute atomic E-state index is 0.0779. The van der Waals surface area contributed by atoms with Gasteiger partial charge < -0.3 is 9.47 Å². The highest BCUT2D eigenvalue weighted by molar-refractivity contribution is 6.17. The summed E-state index contributed by atoms with van der Waals surface area (Å²) in [5.41, 5.74) is 17.2. The van der Waals surface area contributed by atoms with Crippen LogP contribution in [-0.2, 0) is 14.3 Å². The molecule has 0 aromatic carbocycles. The number of alkyl halides is 1. The van der Waals surface area contributed by atoms with E-state index < -0.39 is 30.3 Å². The van der Waals surface area contributed by atoms with Crippen LogP contribution in [0.5, 0.6) is 0 Å². The highest BCUT2D eigenvalue weighted by Crippen LogP contribution is 2.34. The fraction of sp³-hybridized carbons (Fsp3) is 0.900. The van der Waals surface area contributed by atoms with Crippen LogP contribution in [0.15, 0.2) is 10.2 Å². The summed E-state index contributed by atoms with van der Waals surface area (Å²) in [5.74, 6) is -0.802. The Hall–Kier alpha value is -1.66. The maximum atomic E-state index is 11.2. The van der Waals surface area contributed by atoms with Gasteiger partial charge in [-0.2, -0.15) is 0 Å². The second kappa shape index (κ2) is 7.81. The lowest BCUT2D eigenvalue weighted by atomic mass is 9.79. The van der Waals surface area contributed by atoms with Crippen LogP contribution in [0.3, 0.4) is 0 Å². The molecule has 9 nitrogen and oxygen atoms in total. The summed E-state index contributed by atoms with van der Waals surface area (Å²) in [6.45, 7) is 3.04. The van der Waals surface area contributed by atoms with E-state index in [9.17, 15) is 4.79 Å². The zero-order valence-electron chi connectivity index (χ0n) is 11.1. The largest absolute Gasteiger partial charge is 0.462 e. The van der Waals surface area contributed by atoms with Crippen molar-refractivity contribution < 1.29 is 14.3 Å². The van der Waals surface area contributed by atoms with Crippen LogP contribution >= 0.6 is 11.6 Å². The smallest absolute Gasteiger partial charge is 0.302 e. The lowest BCUT2D eigenvalue weighted by molar-refractivity contribution is -0.157. The summed E-state index contributed by atoms with van der Waals surface area (Å²) < 4.78 is 10.6. The average Bonchev–Trinajstić information content (AvgIpc) is 2.39. The minimum Gasteiger partial charge on any atom is -0.462 e. The van der Waals surface area contributed by atoms with Gasteiger partial charge in [0.15, 0.2) is 0 Å². The molecule has 0 saturated heterocycles. The van der Waals surface area contributed by atoms with E-state index in [0.717, 1.165) is 0 Å². The molecular weight excluding hydrogens is 288 g/mol. The van der Waals surface area contributed by atoms with Crippen molar-refractivity contribution in [1.29, 1.82) is 0 Å². The number of azide groups is 2. The van der Waals surface area contributed by atoms with E-state index in [4.69, 9.17) is 32.1 Å². The Kier molecular flexibility index (Phi) is 6.41. The number of esters is 1. The minimum atomic E-state index is -0.637. The molecule has 0 N–H and O–H groups in total. The van der Waals surface area contributed by atoms with Gasteiger partial charge in [0, 0.05) is 22.7 Å². The van der Waals surface area contributed by atoms with Crippen molar-refractivity contribution in [2.45, 2.75) is 44.6 Å². The monoisotopic (exact) mass is 302 g/mol. The van der Waals surface area contributed by atoms with Crippen molar-refractivity contribution in [3.05, 3.63) is 20.9 Å². The molecule has 1 aliphatic rings. The molecule has 0 aliphatic heterocycles. The van der Waals surface area contributed by atoms with E-state index in [0.29, 0.717) is 0 Å². The lowest BCUT2D eigenvalue weighted by Gasteiger charge is -2.41. The third-order valence-corrected chi connectivity index (χ3v) is 3.36. The number of rotatable bonds is 5. The van der Waals surface area contributed by atoms with Crippen LogP contribution < -0.4 is 0 Å². The van der Waals surface area contributed by atoms with Gasteiger partial charge in [-0.1, -0.05) is 28.8 Å². The predicted octanol–water partition coefficient (Wildman–Crippen LogP) is 2.90. The van der Waals surface area contributed by atoms with Crippen LogP contribution in [0, 0.1) is 5.92 Å². The van der Waals surface area contributed by atoms with Crippen molar-refractivity contribution in [2.24, 2.45) is 16.1 Å². The molecule has 1 fully saturated rings. The number of halogens is 1. The van der Waals surface area contributed by atoms with Gasteiger partial charge in [0.25, 0.3) is 0 Å². The molecule has 0 heterocycles. The summed E-state index contributed by atoms with van der Waals surface area (Å²) in [6.07, 6.45) is -0.905. The summed E-state index contributed by atoms with van der Waals surface area (Å²) in [4.78, 5) is 16.7. The number of carbonyl (C=O) groups excluding carboxylic acids is 1. The zero-order chi connectivity index (χ0) is 15.1. The van der Waals surface area contributed by atoms with Gasteiger partial charge in [-0.15, -0.1) is 0 Å². The molecule has 1 saturated carbocycles. The molecular formula is C10H15ClN6O3. The number of hydrogen-bond acceptors (Lipinski definition) is 5. The second-order valence-corrected chi connectivity index (χ2v) is 4.67. The van der Waals surface area contributed by atoms with Crippen molar-refractivity contribution in [1.82, 2.24) is 0 Å². The van der Waals surface area contributed by atoms with Gasteiger partial charge >= 0.3 is 5.97 Å². The summed E-state index contributed by atoms with van der Waals surface area (Å²) in [5, 5.41) is 7.28. The van der Waals surface area contributed by atoms with E-state index >= 15 is 0 Å². The Balaban J connectivity index is 3.06. The van der Waals surface area contributed by atoms with Crippen molar-refractivity contribution in [3.63, 3.8) is 0 Å². The first-order valence-corrected chi connectivity index (χ1v) is 6.51. The molecule has 0 radical (unpaired) electrons. The summed E-state index contributed by atoms with van der Waals surface area (Å²) >= 11 is 5.57. The number of nitrogens with zero attached hydrogens (tertiary/aromatic N) is 6. The fourth-order valence-corrected chi connectivity index (χ4v) is 2.62. The van der Waals surface area contributed by atoms with Crippen molar-refractivity contribution in [2.75, 3.05) is 6.07 Å². The number of ether oxygens (including phenoxy) is 2. The molecule has 0 spiro atoms. The molecule has 5 atom stereocenters. The molecule has 0 aromatic heterocycles. The van der Waals surface area contributed by atoms with Crippen molar-refractivity contribution >= 4 is 17.6 Å². The highest BCUT2D eigenvalue weighted by Gasteiger charge is 2.44. The van der Waals surface area contributed by atoms with Gasteiger partial charge in [0.1, 0.15) is 12.2 Å². The predicted molar refractivity (Wildman–Crippen MR) is 70.8 cm³/mol. The molecule has 20 heavy (non-hydrogen) atoms. The standard InChI is InChI=1S/C10H15ClN6O3/c1-5-9(19-4-11)7(14-16-12)3-8(15-17-13)10(5)20-6(2)18/h5,7-10H,3-4H2,1-2H3/t5-,7?,8+,9-,10?/m0/s1. The first-order valence-electron chi connectivity index (χ1n) is 5.98. The van der Waals surface area contributed by atoms with E-state index in [-0.39, 0.29) is 18.4 Å². The first kappa shape index (κ1) is 16.4. The third kappa shape index (κ3) is 3.91. The number of carbonyl (C=O) groups is 1. The molecule has 110 valence electrons. The van der Waals surface area contributed by atoms with Crippen LogP contribution in [0.25, 0.3) is 20.9 Å². The van der Waals surface area contributed by atoms with E-state index in [1.807, 2.05) is 0 Å². The Morgan fingerprint density at radius 3 is 2.30 bits per heavy atom. The molecule has 2 unspecified atom stereocenters. The Morgan fingerprint density at radius 1 is 1.30 bits per heavy atom. The van der Waals surface area contributed by atoms with Gasteiger partial charge in [-0.25, -0.2) is 0 Å². The SMILES string of the molecule is CC(=O)OC1[C@@H](C)[C@H](OCCl)C(N=[N+]=[N-])C[C@H]1N=[N+]=[N-]. The topological polar surface area (TPSA) is 133 Å². The zero-order valence-corrected chi connectivity index (χ0v) is 11.8. The van der Waals surface area contributed by atoms with Crippen molar-refractivity contribution in [3.8, 4) is 0 Å². The molecule has 0 aromatic rings. The summed E-state index contributed by atoms with van der Waals surface area (Å²) in [6, 6.07) is -1.22. The average molecular weight is 303 g/mol. The van der Waals surface area contributed by atoms with Crippen LogP contribution in [0.4, 0.5) is 0 Å². The molecule has 0 amide bonds. The quantitative estimate of drug-likeness (QED) is 0.254. The van der Waals surface area contributed by atoms with E-state index in [1.54, 1.807) is 6.92 Å². The molecule has 1 aliphatic carbocycles. The van der Waals surface area contributed by atoms with Gasteiger partial charge in [-0.05, 0) is 17.5 Å². The maximum Gasteiger partial charge on any atom is 0.302 e. The number of hydrogen-bond donors (Lipinski definition) is 0. The van der Waals surface area contributed by atoms with Gasteiger partial charge in [0.2, 0.25) is 0 Å². The molecule has 0 bridgehead atoms. The first-order chi connectivity index (χ1) is 9.54.